The first-order valence-electron chi connectivity index (χ1n) is 6.76. The maximum absolute atomic E-state index is 4.65. The van der Waals surface area contributed by atoms with Gasteiger partial charge in [-0.05, 0) is 6.26 Å². The quantitative estimate of drug-likeness (QED) is 0.488. The molecule has 1 aromatic heterocycles. The van der Waals surface area contributed by atoms with Gasteiger partial charge >= 0.3 is 0 Å². The molecule has 0 aliphatic carbocycles. The molecule has 0 fully saturated rings. The summed E-state index contributed by atoms with van der Waals surface area (Å²) in [5.74, 6) is 1.89. The molecule has 0 aliphatic heterocycles. The number of hydrogen-bond acceptors (Lipinski definition) is 4. The zero-order valence-corrected chi connectivity index (χ0v) is 13.9. The number of thioether (sulfide) groups is 1. The second-order valence-corrected chi connectivity index (χ2v) is 6.27. The molecule has 0 spiro atoms. The van der Waals surface area contributed by atoms with Crippen LogP contribution in [0.5, 0.6) is 0 Å². The van der Waals surface area contributed by atoms with Crippen molar-refractivity contribution in [3.8, 4) is 11.3 Å². The molecule has 1 aromatic carbocycles. The Hall–Kier alpha value is -1.53. The lowest BCUT2D eigenvalue weighted by Gasteiger charge is -2.09. The van der Waals surface area contributed by atoms with Gasteiger partial charge in [0.2, 0.25) is 0 Å². The van der Waals surface area contributed by atoms with Crippen LogP contribution in [0.1, 0.15) is 5.01 Å². The Morgan fingerprint density at radius 2 is 2.10 bits per heavy atom. The highest BCUT2D eigenvalue weighted by Crippen LogP contribution is 2.21. The molecule has 0 atom stereocenters. The van der Waals surface area contributed by atoms with Crippen molar-refractivity contribution in [1.82, 2.24) is 15.6 Å². The van der Waals surface area contributed by atoms with E-state index >= 15 is 0 Å². The number of hydrogen-bond donors (Lipinski definition) is 2. The van der Waals surface area contributed by atoms with Gasteiger partial charge in [0.15, 0.2) is 5.96 Å². The summed E-state index contributed by atoms with van der Waals surface area (Å²) in [5.41, 5.74) is 2.19. The van der Waals surface area contributed by atoms with E-state index in [9.17, 15) is 0 Å². The van der Waals surface area contributed by atoms with Gasteiger partial charge in [-0.1, -0.05) is 30.3 Å². The van der Waals surface area contributed by atoms with Gasteiger partial charge in [0, 0.05) is 30.3 Å². The van der Waals surface area contributed by atoms with Gasteiger partial charge in [0.25, 0.3) is 0 Å². The predicted molar refractivity (Wildman–Crippen MR) is 94.1 cm³/mol. The fraction of sp³-hybridized carbons (Fsp3) is 0.333. The first-order valence-corrected chi connectivity index (χ1v) is 9.04. The van der Waals surface area contributed by atoms with E-state index in [4.69, 9.17) is 0 Å². The highest BCUT2D eigenvalue weighted by atomic mass is 32.2. The smallest absolute Gasteiger partial charge is 0.191 e. The Labute approximate surface area is 134 Å². The second-order valence-electron chi connectivity index (χ2n) is 4.34. The fourth-order valence-corrected chi connectivity index (χ4v) is 2.83. The SMILES string of the molecule is CN=C(NCCSC)NCc1nc(-c2ccccc2)cs1. The third kappa shape index (κ3) is 5.06. The van der Waals surface area contributed by atoms with Gasteiger partial charge in [0.1, 0.15) is 5.01 Å². The van der Waals surface area contributed by atoms with Crippen molar-refractivity contribution in [2.75, 3.05) is 25.6 Å². The van der Waals surface area contributed by atoms with Crippen LogP contribution in [0.4, 0.5) is 0 Å². The van der Waals surface area contributed by atoms with Crippen LogP contribution in [-0.2, 0) is 6.54 Å². The highest BCUT2D eigenvalue weighted by molar-refractivity contribution is 7.98. The zero-order valence-electron chi connectivity index (χ0n) is 12.3. The summed E-state index contributed by atoms with van der Waals surface area (Å²) in [6.45, 7) is 1.60. The number of aromatic nitrogens is 1. The molecule has 2 aromatic rings. The number of benzene rings is 1. The lowest BCUT2D eigenvalue weighted by atomic mass is 10.2. The van der Waals surface area contributed by atoms with Crippen molar-refractivity contribution in [3.63, 3.8) is 0 Å². The number of aliphatic imine (C=N–C) groups is 1. The summed E-state index contributed by atoms with van der Waals surface area (Å²) in [4.78, 5) is 8.85. The molecule has 112 valence electrons. The second kappa shape index (κ2) is 8.69. The summed E-state index contributed by atoms with van der Waals surface area (Å²) in [6, 6.07) is 10.2. The zero-order chi connectivity index (χ0) is 14.9. The van der Waals surface area contributed by atoms with Gasteiger partial charge in [-0.2, -0.15) is 11.8 Å². The number of nitrogens with zero attached hydrogens (tertiary/aromatic N) is 2. The summed E-state index contributed by atoms with van der Waals surface area (Å²) in [5, 5.41) is 9.71. The first-order chi connectivity index (χ1) is 10.3. The third-order valence-electron chi connectivity index (χ3n) is 2.85. The van der Waals surface area contributed by atoms with E-state index in [1.165, 1.54) is 0 Å². The van der Waals surface area contributed by atoms with E-state index < -0.39 is 0 Å². The van der Waals surface area contributed by atoms with E-state index in [2.05, 4.69) is 44.4 Å². The van der Waals surface area contributed by atoms with Gasteiger partial charge in [0.05, 0.1) is 12.2 Å². The van der Waals surface area contributed by atoms with Crippen molar-refractivity contribution in [2.45, 2.75) is 6.54 Å². The number of thiazole rings is 1. The molecule has 2 rings (SSSR count). The van der Waals surface area contributed by atoms with Gasteiger partial charge < -0.3 is 10.6 Å². The molecule has 2 N–H and O–H groups in total. The maximum atomic E-state index is 4.65. The summed E-state index contributed by atoms with van der Waals surface area (Å²) >= 11 is 3.48. The molecule has 0 aliphatic rings. The van der Waals surface area contributed by atoms with E-state index in [1.54, 1.807) is 18.4 Å². The van der Waals surface area contributed by atoms with Crippen molar-refractivity contribution in [3.05, 3.63) is 40.7 Å². The van der Waals surface area contributed by atoms with E-state index in [-0.39, 0.29) is 0 Å². The van der Waals surface area contributed by atoms with Gasteiger partial charge in [-0.25, -0.2) is 4.98 Å². The minimum atomic E-state index is 0.691. The van der Waals surface area contributed by atoms with Crippen LogP contribution in [-0.4, -0.2) is 36.5 Å². The average molecular weight is 320 g/mol. The molecule has 0 saturated carbocycles. The molecule has 6 heteroatoms. The minimum Gasteiger partial charge on any atom is -0.356 e. The molecular formula is C15H20N4S2. The van der Waals surface area contributed by atoms with Crippen LogP contribution < -0.4 is 10.6 Å². The molecular weight excluding hydrogens is 300 g/mol. The van der Waals surface area contributed by atoms with E-state index in [1.807, 2.05) is 30.0 Å². The van der Waals surface area contributed by atoms with Gasteiger partial charge in [-0.3, -0.25) is 4.99 Å². The molecule has 0 unspecified atom stereocenters. The normalized spacial score (nSPS) is 11.4. The fourth-order valence-electron chi connectivity index (χ4n) is 1.79. The Kier molecular flexibility index (Phi) is 6.56. The van der Waals surface area contributed by atoms with Crippen molar-refractivity contribution < 1.29 is 0 Å². The number of nitrogens with one attached hydrogen (secondary N) is 2. The van der Waals surface area contributed by atoms with Crippen LogP contribution in [0.25, 0.3) is 11.3 Å². The van der Waals surface area contributed by atoms with Crippen LogP contribution in [0.15, 0.2) is 40.7 Å². The number of rotatable bonds is 6. The van der Waals surface area contributed by atoms with Crippen LogP contribution >= 0.6 is 23.1 Å². The van der Waals surface area contributed by atoms with Crippen molar-refractivity contribution >= 4 is 29.1 Å². The lowest BCUT2D eigenvalue weighted by molar-refractivity contribution is 0.828. The molecule has 0 saturated heterocycles. The topological polar surface area (TPSA) is 49.3 Å². The third-order valence-corrected chi connectivity index (χ3v) is 4.31. The molecule has 1 heterocycles. The molecule has 0 radical (unpaired) electrons. The minimum absolute atomic E-state index is 0.691. The van der Waals surface area contributed by atoms with Crippen molar-refractivity contribution in [1.29, 1.82) is 0 Å². The van der Waals surface area contributed by atoms with Crippen molar-refractivity contribution in [2.24, 2.45) is 4.99 Å². The Balaban J connectivity index is 1.88. The highest BCUT2D eigenvalue weighted by Gasteiger charge is 2.05. The molecule has 21 heavy (non-hydrogen) atoms. The Bertz CT molecular complexity index is 566. The first kappa shape index (κ1) is 15.9. The maximum Gasteiger partial charge on any atom is 0.191 e. The average Bonchev–Trinajstić information content (AvgIpc) is 3.00. The largest absolute Gasteiger partial charge is 0.356 e. The standard InChI is InChI=1S/C15H20N4S2/c1-16-15(17-8-9-20-2)18-10-14-19-13(11-21-14)12-6-4-3-5-7-12/h3-7,11H,8-10H2,1-2H3,(H2,16,17,18). The van der Waals surface area contributed by atoms with Crippen LogP contribution in [0, 0.1) is 0 Å². The monoisotopic (exact) mass is 320 g/mol. The van der Waals surface area contributed by atoms with E-state index in [0.717, 1.165) is 34.5 Å². The Morgan fingerprint density at radius 1 is 1.29 bits per heavy atom. The number of guanidine groups is 1. The Morgan fingerprint density at radius 3 is 2.81 bits per heavy atom. The summed E-state index contributed by atoms with van der Waals surface area (Å²) in [7, 11) is 1.78. The van der Waals surface area contributed by atoms with E-state index in [0.29, 0.717) is 6.54 Å². The van der Waals surface area contributed by atoms with Crippen LogP contribution in [0.3, 0.4) is 0 Å². The molecule has 0 amide bonds. The summed E-state index contributed by atoms with van der Waals surface area (Å²) < 4.78 is 0. The van der Waals surface area contributed by atoms with Gasteiger partial charge in [-0.15, -0.1) is 11.3 Å². The lowest BCUT2D eigenvalue weighted by Crippen LogP contribution is -2.37. The predicted octanol–water partition coefficient (Wildman–Crippen LogP) is 2.84. The molecule has 4 nitrogen and oxygen atoms in total. The molecule has 0 bridgehead atoms. The van der Waals surface area contributed by atoms with Crippen LogP contribution in [0.2, 0.25) is 0 Å². The summed E-state index contributed by atoms with van der Waals surface area (Å²) in [6.07, 6.45) is 2.10.